The molecule has 0 spiro atoms. The predicted molar refractivity (Wildman–Crippen MR) is 69.8 cm³/mol. The van der Waals surface area contributed by atoms with Gasteiger partial charge >= 0.3 is 5.97 Å². The van der Waals surface area contributed by atoms with Gasteiger partial charge in [-0.15, -0.1) is 0 Å². The van der Waals surface area contributed by atoms with Crippen molar-refractivity contribution in [2.45, 2.75) is 25.9 Å². The second kappa shape index (κ2) is 6.69. The summed E-state index contributed by atoms with van der Waals surface area (Å²) in [5, 5.41) is 14.9. The molecular weight excluding hydrogens is 264 g/mol. The van der Waals surface area contributed by atoms with E-state index in [0.717, 1.165) is 0 Å². The molecule has 2 amide bonds. The first-order valence-electron chi connectivity index (χ1n) is 6.09. The van der Waals surface area contributed by atoms with E-state index in [1.165, 1.54) is 23.6 Å². The van der Waals surface area contributed by atoms with E-state index in [-0.39, 0.29) is 12.5 Å². The van der Waals surface area contributed by atoms with Crippen LogP contribution in [0.3, 0.4) is 0 Å². The van der Waals surface area contributed by atoms with Crippen LogP contribution in [0.25, 0.3) is 0 Å². The second-order valence-corrected chi connectivity index (χ2v) is 4.48. The summed E-state index contributed by atoms with van der Waals surface area (Å²) in [5.41, 5.74) is 0. The average Bonchev–Trinajstić information content (AvgIpc) is 2.90. The Labute approximate surface area is 116 Å². The van der Waals surface area contributed by atoms with Crippen molar-refractivity contribution in [1.82, 2.24) is 20.0 Å². The number of hydrogen-bond donors (Lipinski definition) is 2. The van der Waals surface area contributed by atoms with E-state index in [1.807, 2.05) is 0 Å². The minimum atomic E-state index is -1.13. The molecule has 0 aliphatic rings. The molecule has 8 nitrogen and oxygen atoms in total. The van der Waals surface area contributed by atoms with Crippen molar-refractivity contribution in [3.05, 3.63) is 18.5 Å². The van der Waals surface area contributed by atoms with Crippen LogP contribution in [-0.4, -0.2) is 57.2 Å². The number of hydrogen-bond acceptors (Lipinski definition) is 4. The molecule has 0 saturated carbocycles. The van der Waals surface area contributed by atoms with Crippen LogP contribution in [0.4, 0.5) is 0 Å². The third-order valence-electron chi connectivity index (χ3n) is 2.78. The van der Waals surface area contributed by atoms with Crippen molar-refractivity contribution < 1.29 is 19.5 Å². The van der Waals surface area contributed by atoms with Gasteiger partial charge in [0.25, 0.3) is 0 Å². The summed E-state index contributed by atoms with van der Waals surface area (Å²) in [6, 6.07) is 0.180. The minimum absolute atomic E-state index is 0.206. The topological polar surface area (TPSA) is 105 Å². The number of nitrogens with zero attached hydrogens (tertiary/aromatic N) is 3. The molecule has 0 aliphatic heterocycles. The van der Waals surface area contributed by atoms with Gasteiger partial charge in [0.2, 0.25) is 11.8 Å². The lowest BCUT2D eigenvalue weighted by Gasteiger charge is -2.21. The van der Waals surface area contributed by atoms with Crippen LogP contribution in [0.5, 0.6) is 0 Å². The zero-order chi connectivity index (χ0) is 15.3. The molecule has 20 heavy (non-hydrogen) atoms. The highest BCUT2D eigenvalue weighted by Gasteiger charge is 2.22. The van der Waals surface area contributed by atoms with Gasteiger partial charge in [-0.1, -0.05) is 0 Å². The van der Waals surface area contributed by atoms with Crippen LogP contribution >= 0.6 is 0 Å². The summed E-state index contributed by atoms with van der Waals surface area (Å²) >= 11 is 0. The fraction of sp³-hybridized carbons (Fsp3) is 0.500. The van der Waals surface area contributed by atoms with E-state index in [2.05, 4.69) is 10.4 Å². The molecule has 0 fully saturated rings. The Bertz CT molecular complexity index is 486. The molecule has 1 unspecified atom stereocenters. The fourth-order valence-corrected chi connectivity index (χ4v) is 1.58. The summed E-state index contributed by atoms with van der Waals surface area (Å²) in [4.78, 5) is 35.5. The maximum absolute atomic E-state index is 12.1. The number of aliphatic carboxylic acids is 1. The van der Waals surface area contributed by atoms with Gasteiger partial charge < -0.3 is 15.3 Å². The van der Waals surface area contributed by atoms with Crippen molar-refractivity contribution in [1.29, 1.82) is 0 Å². The average molecular weight is 282 g/mol. The molecule has 110 valence electrons. The zero-order valence-corrected chi connectivity index (χ0v) is 11.6. The smallest absolute Gasteiger partial charge is 0.325 e. The van der Waals surface area contributed by atoms with E-state index in [0.29, 0.717) is 0 Å². The van der Waals surface area contributed by atoms with Crippen LogP contribution in [-0.2, 0) is 14.4 Å². The molecule has 2 N–H and O–H groups in total. The van der Waals surface area contributed by atoms with Gasteiger partial charge in [0.05, 0.1) is 6.54 Å². The molecule has 1 aromatic heterocycles. The summed E-state index contributed by atoms with van der Waals surface area (Å²) < 4.78 is 1.48. The minimum Gasteiger partial charge on any atom is -0.480 e. The molecule has 1 aromatic rings. The number of carboxylic acids is 1. The maximum Gasteiger partial charge on any atom is 0.325 e. The monoisotopic (exact) mass is 282 g/mol. The molecule has 2 atom stereocenters. The standard InChI is InChI=1S/C12H18N4O4/c1-8(12(19)20)14-10(17)7-15(3)11(18)9(2)16-6-4-5-13-16/h4-6,8-9H,7H2,1-3H3,(H,14,17)(H,19,20)/t8-,9?/m0/s1. The van der Waals surface area contributed by atoms with Gasteiger partial charge in [-0.05, 0) is 19.9 Å². The lowest BCUT2D eigenvalue weighted by Crippen LogP contribution is -2.45. The summed E-state index contributed by atoms with van der Waals surface area (Å²) in [7, 11) is 1.48. The van der Waals surface area contributed by atoms with E-state index < -0.39 is 24.0 Å². The van der Waals surface area contributed by atoms with E-state index >= 15 is 0 Å². The normalized spacial score (nSPS) is 13.3. The maximum atomic E-state index is 12.1. The van der Waals surface area contributed by atoms with E-state index in [1.54, 1.807) is 25.4 Å². The van der Waals surface area contributed by atoms with Crippen molar-refractivity contribution in [2.75, 3.05) is 13.6 Å². The molecule has 0 radical (unpaired) electrons. The van der Waals surface area contributed by atoms with Crippen molar-refractivity contribution >= 4 is 17.8 Å². The Morgan fingerprint density at radius 2 is 2.05 bits per heavy atom. The van der Waals surface area contributed by atoms with Gasteiger partial charge in [-0.25, -0.2) is 0 Å². The van der Waals surface area contributed by atoms with E-state index in [9.17, 15) is 14.4 Å². The number of nitrogens with one attached hydrogen (secondary N) is 1. The number of amides is 2. The Kier molecular flexibility index (Phi) is 5.24. The molecule has 1 heterocycles. The molecule has 0 saturated heterocycles. The Balaban J connectivity index is 2.53. The van der Waals surface area contributed by atoms with Crippen molar-refractivity contribution in [2.24, 2.45) is 0 Å². The molecule has 0 aliphatic carbocycles. The van der Waals surface area contributed by atoms with Crippen LogP contribution in [0, 0.1) is 0 Å². The number of carboxylic acid groups (broad SMARTS) is 1. The number of likely N-dealkylation sites (N-methyl/N-ethyl adjacent to an activating group) is 1. The lowest BCUT2D eigenvalue weighted by atomic mass is 10.3. The van der Waals surface area contributed by atoms with E-state index in [4.69, 9.17) is 5.11 Å². The first-order valence-corrected chi connectivity index (χ1v) is 6.09. The summed E-state index contributed by atoms with van der Waals surface area (Å²) in [6.45, 7) is 2.82. The second-order valence-electron chi connectivity index (χ2n) is 4.48. The van der Waals surface area contributed by atoms with Crippen LogP contribution in [0.15, 0.2) is 18.5 Å². The highest BCUT2D eigenvalue weighted by Crippen LogP contribution is 2.06. The lowest BCUT2D eigenvalue weighted by molar-refractivity contribution is -0.142. The van der Waals surface area contributed by atoms with Crippen LogP contribution in [0.1, 0.15) is 19.9 Å². The molecular formula is C12H18N4O4. The van der Waals surface area contributed by atoms with Crippen molar-refractivity contribution in [3.63, 3.8) is 0 Å². The third-order valence-corrected chi connectivity index (χ3v) is 2.78. The number of rotatable bonds is 6. The molecule has 0 aromatic carbocycles. The Morgan fingerprint density at radius 3 is 2.55 bits per heavy atom. The quantitative estimate of drug-likeness (QED) is 0.731. The number of aromatic nitrogens is 2. The highest BCUT2D eigenvalue weighted by atomic mass is 16.4. The van der Waals surface area contributed by atoms with Gasteiger partial charge in [0.1, 0.15) is 12.1 Å². The van der Waals surface area contributed by atoms with Crippen molar-refractivity contribution in [3.8, 4) is 0 Å². The Morgan fingerprint density at radius 1 is 1.40 bits per heavy atom. The summed E-state index contributed by atoms with van der Waals surface area (Å²) in [5.74, 6) is -1.94. The van der Waals surface area contributed by atoms with Crippen LogP contribution in [0.2, 0.25) is 0 Å². The van der Waals surface area contributed by atoms with Gasteiger partial charge in [0, 0.05) is 19.4 Å². The third kappa shape index (κ3) is 4.08. The Hall–Kier alpha value is -2.38. The first kappa shape index (κ1) is 15.7. The summed E-state index contributed by atoms with van der Waals surface area (Å²) in [6.07, 6.45) is 3.22. The zero-order valence-electron chi connectivity index (χ0n) is 11.6. The molecule has 1 rings (SSSR count). The molecule has 0 bridgehead atoms. The largest absolute Gasteiger partial charge is 0.480 e. The predicted octanol–water partition coefficient (Wildman–Crippen LogP) is -0.508. The SMILES string of the molecule is CC(C(=O)N(C)CC(=O)N[C@@H](C)C(=O)O)n1cccn1. The highest BCUT2D eigenvalue weighted by molar-refractivity contribution is 5.88. The van der Waals surface area contributed by atoms with Crippen LogP contribution < -0.4 is 5.32 Å². The van der Waals surface area contributed by atoms with Gasteiger partial charge in [-0.3, -0.25) is 19.1 Å². The molecule has 8 heteroatoms. The van der Waals surface area contributed by atoms with Gasteiger partial charge in [-0.2, -0.15) is 5.10 Å². The fourth-order valence-electron chi connectivity index (χ4n) is 1.58. The number of carbonyl (C=O) groups excluding carboxylic acids is 2. The first-order chi connectivity index (χ1) is 9.32. The number of carbonyl (C=O) groups is 3. The van der Waals surface area contributed by atoms with Gasteiger partial charge in [0.15, 0.2) is 0 Å².